The molecule has 0 bridgehead atoms. The Morgan fingerprint density at radius 3 is 2.40 bits per heavy atom. The van der Waals surface area contributed by atoms with E-state index in [0.29, 0.717) is 6.54 Å². The van der Waals surface area contributed by atoms with Gasteiger partial charge in [0.15, 0.2) is 0 Å². The molecule has 0 fully saturated rings. The second kappa shape index (κ2) is 6.17. The van der Waals surface area contributed by atoms with E-state index in [0.717, 1.165) is 16.7 Å². The first kappa shape index (κ1) is 14.7. The molecule has 0 unspecified atom stereocenters. The smallest absolute Gasteiger partial charge is 0.240 e. The van der Waals surface area contributed by atoms with Crippen LogP contribution in [0.3, 0.4) is 0 Å². The summed E-state index contributed by atoms with van der Waals surface area (Å²) < 4.78 is 27.0. The van der Waals surface area contributed by atoms with Crippen molar-refractivity contribution in [3.05, 3.63) is 65.2 Å². The minimum atomic E-state index is -3.50. The van der Waals surface area contributed by atoms with Crippen LogP contribution < -0.4 is 10.5 Å². The van der Waals surface area contributed by atoms with E-state index < -0.39 is 10.0 Å². The summed E-state index contributed by atoms with van der Waals surface area (Å²) >= 11 is 0. The zero-order valence-corrected chi connectivity index (χ0v) is 12.2. The minimum absolute atomic E-state index is 0.267. The zero-order chi connectivity index (χ0) is 14.6. The lowest BCUT2D eigenvalue weighted by atomic mass is 10.1. The van der Waals surface area contributed by atoms with E-state index in [1.165, 1.54) is 0 Å². The van der Waals surface area contributed by atoms with Crippen molar-refractivity contribution in [1.29, 1.82) is 0 Å². The number of hydrogen-bond acceptors (Lipinski definition) is 3. The Morgan fingerprint density at radius 2 is 1.80 bits per heavy atom. The normalized spacial score (nSPS) is 11.5. The van der Waals surface area contributed by atoms with Crippen LogP contribution in [0.5, 0.6) is 0 Å². The van der Waals surface area contributed by atoms with Gasteiger partial charge in [0, 0.05) is 13.1 Å². The highest BCUT2D eigenvalue weighted by molar-refractivity contribution is 7.89. The lowest BCUT2D eigenvalue weighted by Gasteiger charge is -2.09. The number of hydrogen-bond donors (Lipinski definition) is 2. The van der Waals surface area contributed by atoms with Crippen LogP contribution in [-0.4, -0.2) is 8.42 Å². The Labute approximate surface area is 119 Å². The summed E-state index contributed by atoms with van der Waals surface area (Å²) in [4.78, 5) is 0.267. The van der Waals surface area contributed by atoms with Crippen LogP contribution in [0.1, 0.15) is 16.7 Å². The maximum absolute atomic E-state index is 12.2. The van der Waals surface area contributed by atoms with Gasteiger partial charge in [-0.05, 0) is 35.7 Å². The predicted molar refractivity (Wildman–Crippen MR) is 79.5 cm³/mol. The number of aryl methyl sites for hydroxylation is 1. The first-order chi connectivity index (χ1) is 9.53. The molecule has 0 saturated carbocycles. The third-order valence-corrected chi connectivity index (χ3v) is 4.55. The highest BCUT2D eigenvalue weighted by Crippen LogP contribution is 2.15. The summed E-state index contributed by atoms with van der Waals surface area (Å²) in [5.41, 5.74) is 8.34. The van der Waals surface area contributed by atoms with E-state index in [-0.39, 0.29) is 11.4 Å². The Balaban J connectivity index is 2.16. The van der Waals surface area contributed by atoms with Crippen molar-refractivity contribution in [3.63, 3.8) is 0 Å². The molecule has 0 heterocycles. The molecule has 5 heteroatoms. The van der Waals surface area contributed by atoms with E-state index in [2.05, 4.69) is 4.72 Å². The van der Waals surface area contributed by atoms with Gasteiger partial charge in [-0.15, -0.1) is 0 Å². The molecule has 2 rings (SSSR count). The molecule has 20 heavy (non-hydrogen) atoms. The molecule has 0 aromatic heterocycles. The summed E-state index contributed by atoms with van der Waals surface area (Å²) in [7, 11) is -3.50. The quantitative estimate of drug-likeness (QED) is 0.884. The van der Waals surface area contributed by atoms with Crippen LogP contribution in [0, 0.1) is 6.92 Å². The predicted octanol–water partition coefficient (Wildman–Crippen LogP) is 1.93. The fraction of sp³-hybridized carbons (Fsp3) is 0.200. The van der Waals surface area contributed by atoms with Crippen molar-refractivity contribution < 1.29 is 8.42 Å². The van der Waals surface area contributed by atoms with E-state index in [4.69, 9.17) is 5.73 Å². The molecule has 0 amide bonds. The van der Waals surface area contributed by atoms with Crippen LogP contribution in [0.25, 0.3) is 0 Å². The third kappa shape index (κ3) is 3.45. The number of sulfonamides is 1. The lowest BCUT2D eigenvalue weighted by molar-refractivity contribution is 0.581. The molecule has 2 aromatic carbocycles. The summed E-state index contributed by atoms with van der Waals surface area (Å²) in [6.07, 6.45) is 0. The topological polar surface area (TPSA) is 72.2 Å². The minimum Gasteiger partial charge on any atom is -0.326 e. The van der Waals surface area contributed by atoms with Crippen LogP contribution in [0.15, 0.2) is 53.4 Å². The molecule has 0 spiro atoms. The second-order valence-corrected chi connectivity index (χ2v) is 6.37. The molecule has 0 saturated heterocycles. The maximum atomic E-state index is 12.2. The number of nitrogens with two attached hydrogens (primary N) is 1. The molecular formula is C15H18N2O2S. The fourth-order valence-electron chi connectivity index (χ4n) is 1.92. The largest absolute Gasteiger partial charge is 0.326 e. The monoisotopic (exact) mass is 290 g/mol. The van der Waals surface area contributed by atoms with Crippen LogP contribution >= 0.6 is 0 Å². The summed E-state index contributed by atoms with van der Waals surface area (Å²) in [5, 5.41) is 0. The van der Waals surface area contributed by atoms with Gasteiger partial charge >= 0.3 is 0 Å². The molecular weight excluding hydrogens is 272 g/mol. The Kier molecular flexibility index (Phi) is 4.54. The van der Waals surface area contributed by atoms with Crippen molar-refractivity contribution in [2.75, 3.05) is 0 Å². The Morgan fingerprint density at radius 1 is 1.10 bits per heavy atom. The number of benzene rings is 2. The third-order valence-electron chi connectivity index (χ3n) is 3.15. The van der Waals surface area contributed by atoms with E-state index >= 15 is 0 Å². The molecule has 4 nitrogen and oxygen atoms in total. The van der Waals surface area contributed by atoms with Gasteiger partial charge in [0.25, 0.3) is 0 Å². The van der Waals surface area contributed by atoms with E-state index in [1.807, 2.05) is 37.3 Å². The van der Waals surface area contributed by atoms with Crippen LogP contribution in [-0.2, 0) is 23.1 Å². The van der Waals surface area contributed by atoms with Crippen LogP contribution in [0.2, 0.25) is 0 Å². The van der Waals surface area contributed by atoms with E-state index in [9.17, 15) is 8.42 Å². The zero-order valence-electron chi connectivity index (χ0n) is 11.3. The van der Waals surface area contributed by atoms with Gasteiger partial charge in [0.05, 0.1) is 4.90 Å². The van der Waals surface area contributed by atoms with Gasteiger partial charge in [-0.25, -0.2) is 13.1 Å². The summed E-state index contributed by atoms with van der Waals surface area (Å²) in [5.74, 6) is 0. The standard InChI is InChI=1S/C15H18N2O2S/c1-12-9-15(8-7-14(12)10-16)20(18,19)17-11-13-5-3-2-4-6-13/h2-9,17H,10-11,16H2,1H3. The first-order valence-electron chi connectivity index (χ1n) is 6.36. The number of rotatable bonds is 5. The summed E-state index contributed by atoms with van der Waals surface area (Å²) in [6, 6.07) is 14.4. The average Bonchev–Trinajstić information content (AvgIpc) is 2.46. The molecule has 2 aromatic rings. The van der Waals surface area contributed by atoms with Crippen LogP contribution in [0.4, 0.5) is 0 Å². The molecule has 3 N–H and O–H groups in total. The maximum Gasteiger partial charge on any atom is 0.240 e. The SMILES string of the molecule is Cc1cc(S(=O)(=O)NCc2ccccc2)ccc1CN. The molecule has 0 aliphatic heterocycles. The Bertz CT molecular complexity index is 682. The fourth-order valence-corrected chi connectivity index (χ4v) is 3.02. The van der Waals surface area contributed by atoms with Crippen molar-refractivity contribution >= 4 is 10.0 Å². The van der Waals surface area contributed by atoms with Gasteiger partial charge in [-0.2, -0.15) is 0 Å². The van der Waals surface area contributed by atoms with Gasteiger partial charge in [0.2, 0.25) is 10.0 Å². The van der Waals surface area contributed by atoms with Gasteiger partial charge < -0.3 is 5.73 Å². The molecule has 106 valence electrons. The first-order valence-corrected chi connectivity index (χ1v) is 7.84. The number of nitrogens with one attached hydrogen (secondary N) is 1. The highest BCUT2D eigenvalue weighted by atomic mass is 32.2. The van der Waals surface area contributed by atoms with E-state index in [1.54, 1.807) is 18.2 Å². The lowest BCUT2D eigenvalue weighted by Crippen LogP contribution is -2.23. The van der Waals surface area contributed by atoms with Crippen molar-refractivity contribution in [2.24, 2.45) is 5.73 Å². The van der Waals surface area contributed by atoms with Gasteiger partial charge in [0.1, 0.15) is 0 Å². The molecule has 0 aliphatic rings. The average molecular weight is 290 g/mol. The summed E-state index contributed by atoms with van der Waals surface area (Å²) in [6.45, 7) is 2.54. The molecule has 0 atom stereocenters. The van der Waals surface area contributed by atoms with Gasteiger partial charge in [-0.1, -0.05) is 36.4 Å². The molecule has 0 radical (unpaired) electrons. The van der Waals surface area contributed by atoms with Gasteiger partial charge in [-0.3, -0.25) is 0 Å². The molecule has 0 aliphatic carbocycles. The van der Waals surface area contributed by atoms with Crippen molar-refractivity contribution in [1.82, 2.24) is 4.72 Å². The Hall–Kier alpha value is -1.69. The van der Waals surface area contributed by atoms with Crippen molar-refractivity contribution in [2.45, 2.75) is 24.9 Å². The second-order valence-electron chi connectivity index (χ2n) is 4.60. The highest BCUT2D eigenvalue weighted by Gasteiger charge is 2.14. The van der Waals surface area contributed by atoms with Crippen molar-refractivity contribution in [3.8, 4) is 0 Å².